The molecule has 3 heteroatoms. The minimum absolute atomic E-state index is 0.171. The van der Waals surface area contributed by atoms with Gasteiger partial charge in [-0.2, -0.15) is 0 Å². The number of likely N-dealkylation sites (tertiary alicyclic amines) is 1. The van der Waals surface area contributed by atoms with Gasteiger partial charge in [0.05, 0.1) is 12.1 Å². The van der Waals surface area contributed by atoms with E-state index in [0.29, 0.717) is 6.54 Å². The number of nitrogens with zero attached hydrogens (tertiary/aromatic N) is 1. The van der Waals surface area contributed by atoms with Crippen molar-refractivity contribution in [3.05, 3.63) is 35.4 Å². The van der Waals surface area contributed by atoms with Crippen LogP contribution >= 0.6 is 0 Å². The number of carbonyl (C=O) groups is 1. The molecule has 0 radical (unpaired) electrons. The number of aryl methyl sites for hydroxylation is 1. The summed E-state index contributed by atoms with van der Waals surface area (Å²) in [4.78, 5) is 14.3. The van der Waals surface area contributed by atoms with E-state index in [1.165, 1.54) is 5.56 Å². The maximum absolute atomic E-state index is 12.2. The molecule has 0 bridgehead atoms. The highest BCUT2D eigenvalue weighted by molar-refractivity contribution is 5.97. The topological polar surface area (TPSA) is 40.5 Å². The lowest BCUT2D eigenvalue weighted by Gasteiger charge is -2.35. The molecule has 1 aromatic carbocycles. The van der Waals surface area contributed by atoms with Crippen molar-refractivity contribution >= 4 is 5.78 Å². The van der Waals surface area contributed by atoms with Crippen molar-refractivity contribution in [2.24, 2.45) is 0 Å². The predicted octanol–water partition coefficient (Wildman–Crippen LogP) is 2.28. The summed E-state index contributed by atoms with van der Waals surface area (Å²) < 4.78 is 0. The summed E-state index contributed by atoms with van der Waals surface area (Å²) in [5, 5.41) is 9.89. The largest absolute Gasteiger partial charge is 0.390 e. The normalized spacial score (nSPS) is 19.3. The molecule has 104 valence electrons. The second-order valence-corrected chi connectivity index (χ2v) is 5.75. The molecule has 0 spiro atoms. The lowest BCUT2D eigenvalue weighted by Crippen LogP contribution is -2.44. The van der Waals surface area contributed by atoms with Crippen molar-refractivity contribution in [1.29, 1.82) is 0 Å². The number of Topliss-reactive ketones (excluding diaryl/α,β-unsaturated/α-hetero) is 1. The van der Waals surface area contributed by atoms with E-state index in [4.69, 9.17) is 0 Å². The maximum atomic E-state index is 12.2. The Labute approximate surface area is 115 Å². The van der Waals surface area contributed by atoms with Crippen molar-refractivity contribution in [1.82, 2.24) is 4.90 Å². The standard InChI is InChI=1S/C16H23NO2/c1-3-13-4-6-14(7-5-13)15(18)12-17-10-8-16(2,19)9-11-17/h4-7,19H,3,8-12H2,1-2H3. The highest BCUT2D eigenvalue weighted by Gasteiger charge is 2.28. The third-order valence-electron chi connectivity index (χ3n) is 3.98. The molecule has 1 aromatic rings. The first-order valence-corrected chi connectivity index (χ1v) is 7.07. The lowest BCUT2D eigenvalue weighted by molar-refractivity contribution is -0.00420. The zero-order valence-electron chi connectivity index (χ0n) is 11.9. The van der Waals surface area contributed by atoms with Crippen molar-refractivity contribution in [2.75, 3.05) is 19.6 Å². The third kappa shape index (κ3) is 3.88. The molecule has 0 saturated carbocycles. The number of carbonyl (C=O) groups excluding carboxylic acids is 1. The van der Waals surface area contributed by atoms with Gasteiger partial charge in [0.25, 0.3) is 0 Å². The van der Waals surface area contributed by atoms with Gasteiger partial charge in [0, 0.05) is 18.7 Å². The fourth-order valence-electron chi connectivity index (χ4n) is 2.41. The summed E-state index contributed by atoms with van der Waals surface area (Å²) in [6, 6.07) is 7.88. The smallest absolute Gasteiger partial charge is 0.176 e. The SMILES string of the molecule is CCc1ccc(C(=O)CN2CCC(C)(O)CC2)cc1. The highest BCUT2D eigenvalue weighted by Crippen LogP contribution is 2.21. The Balaban J connectivity index is 1.90. The molecule has 0 unspecified atom stereocenters. The average molecular weight is 261 g/mol. The van der Waals surface area contributed by atoms with Gasteiger partial charge in [-0.1, -0.05) is 31.2 Å². The number of benzene rings is 1. The first kappa shape index (κ1) is 14.2. The summed E-state index contributed by atoms with van der Waals surface area (Å²) in [7, 11) is 0. The van der Waals surface area contributed by atoms with Crippen molar-refractivity contribution < 1.29 is 9.90 Å². The van der Waals surface area contributed by atoms with Gasteiger partial charge in [-0.05, 0) is 31.7 Å². The van der Waals surface area contributed by atoms with Gasteiger partial charge >= 0.3 is 0 Å². The van der Waals surface area contributed by atoms with E-state index in [1.807, 2.05) is 31.2 Å². The Morgan fingerprint density at radius 3 is 2.37 bits per heavy atom. The van der Waals surface area contributed by atoms with Crippen LogP contribution in [0.25, 0.3) is 0 Å². The zero-order valence-corrected chi connectivity index (χ0v) is 11.9. The minimum Gasteiger partial charge on any atom is -0.390 e. The molecule has 0 aromatic heterocycles. The molecule has 1 aliphatic heterocycles. The van der Waals surface area contributed by atoms with Crippen LogP contribution in [0.2, 0.25) is 0 Å². The van der Waals surface area contributed by atoms with Crippen LogP contribution in [0.1, 0.15) is 42.6 Å². The fraction of sp³-hybridized carbons (Fsp3) is 0.562. The molecule has 0 atom stereocenters. The van der Waals surface area contributed by atoms with Gasteiger partial charge in [0.15, 0.2) is 5.78 Å². The third-order valence-corrected chi connectivity index (χ3v) is 3.98. The molecular weight excluding hydrogens is 238 g/mol. The number of ketones is 1. The summed E-state index contributed by atoms with van der Waals surface area (Å²) in [5.41, 5.74) is 1.49. The summed E-state index contributed by atoms with van der Waals surface area (Å²) in [5.74, 6) is 0.171. The molecule has 1 saturated heterocycles. The number of aliphatic hydroxyl groups is 1. The van der Waals surface area contributed by atoms with Crippen LogP contribution in [0, 0.1) is 0 Å². The van der Waals surface area contributed by atoms with Crippen molar-refractivity contribution in [3.63, 3.8) is 0 Å². The Bertz CT molecular complexity index is 427. The van der Waals surface area contributed by atoms with Crippen molar-refractivity contribution in [2.45, 2.75) is 38.7 Å². The van der Waals surface area contributed by atoms with Gasteiger partial charge < -0.3 is 5.11 Å². The Kier molecular flexibility index (Phi) is 4.38. The lowest BCUT2D eigenvalue weighted by atomic mass is 9.93. The van der Waals surface area contributed by atoms with E-state index >= 15 is 0 Å². The van der Waals surface area contributed by atoms with Crippen LogP contribution in [0.3, 0.4) is 0 Å². The Morgan fingerprint density at radius 1 is 1.26 bits per heavy atom. The zero-order chi connectivity index (χ0) is 13.9. The molecule has 0 amide bonds. The second-order valence-electron chi connectivity index (χ2n) is 5.75. The van der Waals surface area contributed by atoms with Crippen LogP contribution in [-0.2, 0) is 6.42 Å². The summed E-state index contributed by atoms with van der Waals surface area (Å²) in [6.07, 6.45) is 2.49. The van der Waals surface area contributed by atoms with Gasteiger partial charge in [0.1, 0.15) is 0 Å². The first-order valence-electron chi connectivity index (χ1n) is 7.07. The van der Waals surface area contributed by atoms with Crippen LogP contribution in [0.5, 0.6) is 0 Å². The highest BCUT2D eigenvalue weighted by atomic mass is 16.3. The molecule has 3 nitrogen and oxygen atoms in total. The first-order chi connectivity index (χ1) is 9.00. The second kappa shape index (κ2) is 5.85. The van der Waals surface area contributed by atoms with Gasteiger partial charge in [-0.3, -0.25) is 9.69 Å². The van der Waals surface area contributed by atoms with E-state index in [9.17, 15) is 9.90 Å². The summed E-state index contributed by atoms with van der Waals surface area (Å²) in [6.45, 7) is 6.03. The molecule has 1 aliphatic rings. The van der Waals surface area contributed by atoms with E-state index in [1.54, 1.807) is 0 Å². The van der Waals surface area contributed by atoms with Crippen LogP contribution < -0.4 is 0 Å². The number of hydrogen-bond acceptors (Lipinski definition) is 3. The van der Waals surface area contributed by atoms with Gasteiger partial charge in [-0.15, -0.1) is 0 Å². The number of hydrogen-bond donors (Lipinski definition) is 1. The molecule has 1 N–H and O–H groups in total. The molecular formula is C16H23NO2. The fourth-order valence-corrected chi connectivity index (χ4v) is 2.41. The van der Waals surface area contributed by atoms with E-state index in [2.05, 4.69) is 11.8 Å². The number of piperidine rings is 1. The summed E-state index contributed by atoms with van der Waals surface area (Å²) >= 11 is 0. The molecule has 0 aliphatic carbocycles. The van der Waals surface area contributed by atoms with E-state index < -0.39 is 5.60 Å². The van der Waals surface area contributed by atoms with Gasteiger partial charge in [-0.25, -0.2) is 0 Å². The molecule has 19 heavy (non-hydrogen) atoms. The Hall–Kier alpha value is -1.19. The van der Waals surface area contributed by atoms with Crippen molar-refractivity contribution in [3.8, 4) is 0 Å². The maximum Gasteiger partial charge on any atom is 0.176 e. The Morgan fingerprint density at radius 2 is 1.84 bits per heavy atom. The monoisotopic (exact) mass is 261 g/mol. The van der Waals surface area contributed by atoms with Crippen LogP contribution in [0.15, 0.2) is 24.3 Å². The van der Waals surface area contributed by atoms with Gasteiger partial charge in [0.2, 0.25) is 0 Å². The van der Waals surface area contributed by atoms with E-state index in [-0.39, 0.29) is 5.78 Å². The predicted molar refractivity (Wildman–Crippen MR) is 76.4 cm³/mol. The minimum atomic E-state index is -0.553. The molecule has 1 fully saturated rings. The molecule has 1 heterocycles. The van der Waals surface area contributed by atoms with Crippen LogP contribution in [-0.4, -0.2) is 41.0 Å². The van der Waals surface area contributed by atoms with Crippen LogP contribution in [0.4, 0.5) is 0 Å². The molecule has 2 rings (SSSR count). The van der Waals surface area contributed by atoms with E-state index in [0.717, 1.165) is 37.9 Å². The quantitative estimate of drug-likeness (QED) is 0.845. The average Bonchev–Trinajstić information content (AvgIpc) is 2.41. The number of rotatable bonds is 4.